The van der Waals surface area contributed by atoms with Crippen LogP contribution in [-0.4, -0.2) is 29.2 Å². The van der Waals surface area contributed by atoms with E-state index < -0.39 is 40.2 Å². The Balaban J connectivity index is 2.45. The number of ether oxygens (including phenoxy) is 1. The maximum absolute atomic E-state index is 13.9. The Morgan fingerprint density at radius 3 is 2.12 bits per heavy atom. The van der Waals surface area contributed by atoms with E-state index in [1.54, 1.807) is 0 Å². The second kappa shape index (κ2) is 6.54. The number of Topliss-reactive ketones (excluding diaryl/α,β-unsaturated/α-hetero) is 1. The predicted octanol–water partition coefficient (Wildman–Crippen LogP) is 4.77. The minimum absolute atomic E-state index is 0.0109. The molecule has 0 saturated heterocycles. The molecular weight excluding hydrogens is 371 g/mol. The van der Waals surface area contributed by atoms with Crippen LogP contribution in [0.25, 0.3) is 0 Å². The van der Waals surface area contributed by atoms with Gasteiger partial charge in [-0.15, -0.1) is 0 Å². The number of allylic oxidation sites excluding steroid dienone is 1. The number of alkyl halides is 3. The van der Waals surface area contributed by atoms with Gasteiger partial charge in [-0.2, -0.15) is 13.2 Å². The van der Waals surface area contributed by atoms with E-state index in [0.29, 0.717) is 5.02 Å². The van der Waals surface area contributed by atoms with Gasteiger partial charge in [0.2, 0.25) is 0 Å². The van der Waals surface area contributed by atoms with Crippen molar-refractivity contribution in [1.82, 2.24) is 0 Å². The molecule has 4 nitrogen and oxygen atoms in total. The van der Waals surface area contributed by atoms with Crippen molar-refractivity contribution in [2.24, 2.45) is 10.4 Å². The van der Waals surface area contributed by atoms with Crippen LogP contribution in [0.5, 0.6) is 0 Å². The Morgan fingerprint density at radius 1 is 1.12 bits per heavy atom. The lowest BCUT2D eigenvalue weighted by Crippen LogP contribution is -2.48. The summed E-state index contributed by atoms with van der Waals surface area (Å²) in [6.07, 6.45) is -4.14. The highest BCUT2D eigenvalue weighted by molar-refractivity contribution is 6.42. The van der Waals surface area contributed by atoms with Crippen molar-refractivity contribution >= 4 is 29.1 Å². The largest absolute Gasteiger partial charge is 0.455 e. The minimum Gasteiger partial charge on any atom is -0.455 e. The Bertz CT molecular complexity index is 804. The van der Waals surface area contributed by atoms with Crippen LogP contribution in [0.4, 0.5) is 13.2 Å². The molecule has 0 unspecified atom stereocenters. The lowest BCUT2D eigenvalue weighted by atomic mass is 9.75. The molecule has 0 bridgehead atoms. The van der Waals surface area contributed by atoms with Crippen molar-refractivity contribution in [3.63, 3.8) is 0 Å². The van der Waals surface area contributed by atoms with Gasteiger partial charge in [-0.25, -0.2) is 4.79 Å². The first-order chi connectivity index (χ1) is 11.8. The first kappa shape index (κ1) is 20.2. The molecular formula is C18H17ClF3NO3. The summed E-state index contributed by atoms with van der Waals surface area (Å²) >= 11 is 5.74. The van der Waals surface area contributed by atoms with Crippen molar-refractivity contribution in [2.75, 3.05) is 0 Å². The van der Waals surface area contributed by atoms with Gasteiger partial charge in [0.05, 0.1) is 0 Å². The number of rotatable bonds is 3. The third kappa shape index (κ3) is 3.67. The lowest BCUT2D eigenvalue weighted by molar-refractivity contribution is -0.182. The molecule has 0 aromatic heterocycles. The second-order valence-corrected chi connectivity index (χ2v) is 7.42. The zero-order valence-corrected chi connectivity index (χ0v) is 15.3. The maximum Gasteiger partial charge on any atom is 0.404 e. The molecule has 1 aliphatic heterocycles. The predicted molar refractivity (Wildman–Crippen MR) is 91.3 cm³/mol. The molecule has 1 aliphatic rings. The van der Waals surface area contributed by atoms with E-state index in [4.69, 9.17) is 16.3 Å². The van der Waals surface area contributed by atoms with E-state index in [0.717, 1.165) is 13.1 Å². The molecule has 0 radical (unpaired) electrons. The molecule has 26 heavy (non-hydrogen) atoms. The molecule has 1 aromatic rings. The number of hydrogen-bond acceptors (Lipinski definition) is 4. The molecule has 0 amide bonds. The van der Waals surface area contributed by atoms with Gasteiger partial charge in [0.15, 0.2) is 5.78 Å². The van der Waals surface area contributed by atoms with E-state index in [1.807, 2.05) is 0 Å². The summed E-state index contributed by atoms with van der Waals surface area (Å²) in [5.41, 5.74) is -5.37. The van der Waals surface area contributed by atoms with E-state index in [2.05, 4.69) is 4.99 Å². The zero-order chi connectivity index (χ0) is 19.9. The highest BCUT2D eigenvalue weighted by Gasteiger charge is 2.63. The highest BCUT2D eigenvalue weighted by atomic mass is 35.5. The fourth-order valence-electron chi connectivity index (χ4n) is 2.43. The fraction of sp³-hybridized carbons (Fsp3) is 0.389. The molecule has 1 heterocycles. The van der Waals surface area contributed by atoms with Crippen molar-refractivity contribution in [3.8, 4) is 0 Å². The Labute approximate surface area is 153 Å². The normalized spacial score (nSPS) is 20.5. The summed E-state index contributed by atoms with van der Waals surface area (Å²) in [6.45, 7) is 5.33. The number of esters is 1. The smallest absolute Gasteiger partial charge is 0.404 e. The molecule has 0 spiro atoms. The summed E-state index contributed by atoms with van der Waals surface area (Å²) in [5, 5.41) is 0.339. The molecule has 140 valence electrons. The van der Waals surface area contributed by atoms with Crippen LogP contribution in [0.2, 0.25) is 5.02 Å². The van der Waals surface area contributed by atoms with Crippen molar-refractivity contribution in [3.05, 3.63) is 46.6 Å². The summed E-state index contributed by atoms with van der Waals surface area (Å²) in [5.74, 6) is -2.10. The van der Waals surface area contributed by atoms with Crippen molar-refractivity contribution in [1.29, 1.82) is 0 Å². The number of halogens is 4. The van der Waals surface area contributed by atoms with Gasteiger partial charge in [0.1, 0.15) is 16.7 Å². The quantitative estimate of drug-likeness (QED) is 0.554. The third-order valence-electron chi connectivity index (χ3n) is 3.85. The third-order valence-corrected chi connectivity index (χ3v) is 4.10. The van der Waals surface area contributed by atoms with Crippen LogP contribution in [-0.2, 0) is 9.53 Å². The minimum atomic E-state index is -4.92. The van der Waals surface area contributed by atoms with Gasteiger partial charge in [-0.1, -0.05) is 11.6 Å². The fourth-order valence-corrected chi connectivity index (χ4v) is 2.55. The zero-order valence-electron chi connectivity index (χ0n) is 14.6. The summed E-state index contributed by atoms with van der Waals surface area (Å²) < 4.78 is 46.7. The summed E-state index contributed by atoms with van der Waals surface area (Å²) in [7, 11) is 0. The number of nitrogens with zero attached hydrogens (tertiary/aromatic N) is 1. The van der Waals surface area contributed by atoms with Crippen LogP contribution in [0.3, 0.4) is 0 Å². The Morgan fingerprint density at radius 2 is 1.65 bits per heavy atom. The van der Waals surface area contributed by atoms with Crippen LogP contribution in [0.15, 0.2) is 41.0 Å². The van der Waals surface area contributed by atoms with E-state index in [-0.39, 0.29) is 5.56 Å². The number of carbonyl (C=O) groups excluding carboxylic acids is 2. The SMILES string of the molecule is CC(C)(C)OC(=O)C1=NC=C(C(=O)c2ccc(Cl)cc2)[C@]1(C)C(F)(F)F. The molecule has 0 saturated carbocycles. The number of ketones is 1. The number of hydrogen-bond donors (Lipinski definition) is 0. The molecule has 0 fully saturated rings. The molecule has 0 aliphatic carbocycles. The number of carbonyl (C=O) groups is 2. The lowest BCUT2D eigenvalue weighted by Gasteiger charge is -2.31. The van der Waals surface area contributed by atoms with Crippen molar-refractivity contribution < 1.29 is 27.5 Å². The van der Waals surface area contributed by atoms with Gasteiger partial charge < -0.3 is 4.74 Å². The number of benzene rings is 1. The number of aliphatic imine (C=N–C) groups is 1. The maximum atomic E-state index is 13.9. The summed E-state index contributed by atoms with van der Waals surface area (Å²) in [6, 6.07) is 5.41. The molecule has 2 rings (SSSR count). The Hall–Kier alpha value is -2.15. The van der Waals surface area contributed by atoms with Gasteiger partial charge in [-0.3, -0.25) is 9.79 Å². The Kier molecular flexibility index (Phi) is 5.07. The summed E-state index contributed by atoms with van der Waals surface area (Å²) in [4.78, 5) is 28.5. The van der Waals surface area contributed by atoms with Crippen LogP contribution >= 0.6 is 11.6 Å². The average Bonchev–Trinajstić information content (AvgIpc) is 2.84. The van der Waals surface area contributed by atoms with E-state index in [9.17, 15) is 22.8 Å². The molecule has 0 N–H and O–H groups in total. The molecule has 1 aromatic carbocycles. The van der Waals surface area contributed by atoms with Gasteiger partial charge in [0, 0.05) is 22.4 Å². The van der Waals surface area contributed by atoms with E-state index >= 15 is 0 Å². The van der Waals surface area contributed by atoms with Crippen LogP contribution < -0.4 is 0 Å². The first-order valence-electron chi connectivity index (χ1n) is 7.66. The van der Waals surface area contributed by atoms with Crippen LogP contribution in [0, 0.1) is 5.41 Å². The second-order valence-electron chi connectivity index (χ2n) is 6.98. The molecule has 8 heteroatoms. The van der Waals surface area contributed by atoms with Crippen molar-refractivity contribution in [2.45, 2.75) is 39.5 Å². The van der Waals surface area contributed by atoms with Gasteiger partial charge in [-0.05, 0) is 52.0 Å². The van der Waals surface area contributed by atoms with Gasteiger partial charge in [0.25, 0.3) is 0 Å². The van der Waals surface area contributed by atoms with Gasteiger partial charge >= 0.3 is 12.1 Å². The monoisotopic (exact) mass is 387 g/mol. The molecule has 1 atom stereocenters. The first-order valence-corrected chi connectivity index (χ1v) is 8.04. The average molecular weight is 388 g/mol. The highest BCUT2D eigenvalue weighted by Crippen LogP contribution is 2.49. The standard InChI is InChI=1S/C18H17ClF3NO3/c1-16(2,3)26-15(25)14-17(4,18(20,21)22)12(9-23-14)13(24)10-5-7-11(19)8-6-10/h5-9H,1-4H3/t17-/m0/s1. The van der Waals surface area contributed by atoms with E-state index in [1.165, 1.54) is 45.0 Å². The topological polar surface area (TPSA) is 55.7 Å². The van der Waals surface area contributed by atoms with Crippen LogP contribution in [0.1, 0.15) is 38.1 Å².